The van der Waals surface area contributed by atoms with Crippen LogP contribution in [0.4, 0.5) is 5.69 Å². The minimum absolute atomic E-state index is 0.123. The van der Waals surface area contributed by atoms with Crippen molar-refractivity contribution in [2.75, 3.05) is 5.48 Å². The Morgan fingerprint density at radius 3 is 2.77 bits per heavy atom. The zero-order valence-corrected chi connectivity index (χ0v) is 7.79. The molecule has 0 unspecified atom stereocenters. The van der Waals surface area contributed by atoms with E-state index in [1.54, 1.807) is 13.0 Å². The van der Waals surface area contributed by atoms with Gasteiger partial charge in [0, 0.05) is 6.42 Å². The standard InChI is InChI=1S/C10H13NO2/c1-7(12)6-9-4-3-5-10(11-13)8(9)2/h3-5,11,13H,6H2,1-2H3. The van der Waals surface area contributed by atoms with Crippen LogP contribution >= 0.6 is 0 Å². The SMILES string of the molecule is CC(=O)Cc1cccc(NO)c1C. The molecule has 70 valence electrons. The average Bonchev–Trinajstić information content (AvgIpc) is 2.08. The first-order valence-corrected chi connectivity index (χ1v) is 4.13. The molecule has 0 saturated carbocycles. The summed E-state index contributed by atoms with van der Waals surface area (Å²) in [5.74, 6) is 0.123. The average molecular weight is 179 g/mol. The summed E-state index contributed by atoms with van der Waals surface area (Å²) >= 11 is 0. The van der Waals surface area contributed by atoms with Crippen LogP contribution in [0.1, 0.15) is 18.1 Å². The maximum atomic E-state index is 10.9. The summed E-state index contributed by atoms with van der Waals surface area (Å²) in [4.78, 5) is 10.9. The Morgan fingerprint density at radius 1 is 1.54 bits per heavy atom. The molecule has 2 N–H and O–H groups in total. The number of Topliss-reactive ketones (excluding diaryl/α,β-unsaturated/α-hetero) is 1. The van der Waals surface area contributed by atoms with Crippen molar-refractivity contribution >= 4 is 11.5 Å². The molecule has 0 fully saturated rings. The summed E-state index contributed by atoms with van der Waals surface area (Å²) < 4.78 is 0. The zero-order chi connectivity index (χ0) is 9.84. The van der Waals surface area contributed by atoms with Crippen LogP contribution in [0.15, 0.2) is 18.2 Å². The van der Waals surface area contributed by atoms with E-state index < -0.39 is 0 Å². The minimum atomic E-state index is 0.123. The topological polar surface area (TPSA) is 49.3 Å². The smallest absolute Gasteiger partial charge is 0.134 e. The van der Waals surface area contributed by atoms with Gasteiger partial charge in [0.1, 0.15) is 5.78 Å². The number of ketones is 1. The first-order chi connectivity index (χ1) is 6.15. The second-order valence-electron chi connectivity index (χ2n) is 3.08. The lowest BCUT2D eigenvalue weighted by molar-refractivity contribution is -0.116. The van der Waals surface area contributed by atoms with Gasteiger partial charge in [-0.25, -0.2) is 0 Å². The Kier molecular flexibility index (Phi) is 3.03. The van der Waals surface area contributed by atoms with Gasteiger partial charge in [-0.1, -0.05) is 12.1 Å². The Morgan fingerprint density at radius 2 is 2.23 bits per heavy atom. The first-order valence-electron chi connectivity index (χ1n) is 4.13. The number of hydrogen-bond donors (Lipinski definition) is 2. The molecule has 0 amide bonds. The van der Waals surface area contributed by atoms with Crippen LogP contribution in [0.3, 0.4) is 0 Å². The van der Waals surface area contributed by atoms with Crippen molar-refractivity contribution in [3.8, 4) is 0 Å². The van der Waals surface area contributed by atoms with Gasteiger partial charge in [0.15, 0.2) is 0 Å². The molecule has 0 radical (unpaired) electrons. The summed E-state index contributed by atoms with van der Waals surface area (Å²) in [6.07, 6.45) is 0.418. The monoisotopic (exact) mass is 179 g/mol. The molecule has 3 heteroatoms. The normalized spacial score (nSPS) is 9.77. The van der Waals surface area contributed by atoms with Crippen molar-refractivity contribution in [3.05, 3.63) is 29.3 Å². The summed E-state index contributed by atoms with van der Waals surface area (Å²) in [5, 5.41) is 8.74. The molecule has 0 bridgehead atoms. The molecular formula is C10H13NO2. The highest BCUT2D eigenvalue weighted by Gasteiger charge is 2.04. The van der Waals surface area contributed by atoms with Gasteiger partial charge in [0.25, 0.3) is 0 Å². The number of nitrogens with one attached hydrogen (secondary N) is 1. The third-order valence-corrected chi connectivity index (χ3v) is 2.01. The van der Waals surface area contributed by atoms with Crippen molar-refractivity contribution in [2.24, 2.45) is 0 Å². The van der Waals surface area contributed by atoms with E-state index in [0.717, 1.165) is 11.1 Å². The summed E-state index contributed by atoms with van der Waals surface area (Å²) in [6, 6.07) is 5.46. The zero-order valence-electron chi connectivity index (χ0n) is 7.79. The van der Waals surface area contributed by atoms with Crippen LogP contribution in [0.2, 0.25) is 0 Å². The number of benzene rings is 1. The van der Waals surface area contributed by atoms with Crippen molar-refractivity contribution in [2.45, 2.75) is 20.3 Å². The highest BCUT2D eigenvalue weighted by atomic mass is 16.5. The molecule has 1 aromatic rings. The van der Waals surface area contributed by atoms with E-state index >= 15 is 0 Å². The lowest BCUT2D eigenvalue weighted by atomic mass is 10.0. The molecule has 0 aliphatic heterocycles. The summed E-state index contributed by atoms with van der Waals surface area (Å²) in [6.45, 7) is 3.43. The van der Waals surface area contributed by atoms with Crippen molar-refractivity contribution < 1.29 is 10.0 Å². The highest BCUT2D eigenvalue weighted by Crippen LogP contribution is 2.18. The maximum Gasteiger partial charge on any atom is 0.134 e. The fourth-order valence-corrected chi connectivity index (χ4v) is 1.26. The Labute approximate surface area is 77.4 Å². The Bertz CT molecular complexity index is 321. The largest absolute Gasteiger partial charge is 0.300 e. The van der Waals surface area contributed by atoms with Gasteiger partial charge in [-0.15, -0.1) is 0 Å². The van der Waals surface area contributed by atoms with Gasteiger partial charge >= 0.3 is 0 Å². The van der Waals surface area contributed by atoms with E-state index in [1.165, 1.54) is 0 Å². The quantitative estimate of drug-likeness (QED) is 0.697. The second-order valence-corrected chi connectivity index (χ2v) is 3.08. The fourth-order valence-electron chi connectivity index (χ4n) is 1.26. The van der Waals surface area contributed by atoms with Gasteiger partial charge in [-0.05, 0) is 31.0 Å². The van der Waals surface area contributed by atoms with Crippen LogP contribution in [0.25, 0.3) is 0 Å². The lowest BCUT2D eigenvalue weighted by Crippen LogP contribution is -2.01. The van der Waals surface area contributed by atoms with E-state index in [4.69, 9.17) is 5.21 Å². The van der Waals surface area contributed by atoms with Gasteiger partial charge in [0.05, 0.1) is 5.69 Å². The van der Waals surface area contributed by atoms with E-state index in [2.05, 4.69) is 5.48 Å². The predicted molar refractivity (Wildman–Crippen MR) is 51.0 cm³/mol. The number of carbonyl (C=O) groups is 1. The van der Waals surface area contributed by atoms with Gasteiger partial charge in [0.2, 0.25) is 0 Å². The summed E-state index contributed by atoms with van der Waals surface area (Å²) in [7, 11) is 0. The molecule has 0 saturated heterocycles. The lowest BCUT2D eigenvalue weighted by Gasteiger charge is -2.08. The molecule has 0 aliphatic carbocycles. The van der Waals surface area contributed by atoms with E-state index in [-0.39, 0.29) is 5.78 Å². The Hall–Kier alpha value is -1.35. The molecule has 13 heavy (non-hydrogen) atoms. The number of anilines is 1. The number of rotatable bonds is 3. The molecule has 1 aromatic carbocycles. The van der Waals surface area contributed by atoms with E-state index in [1.807, 2.05) is 19.1 Å². The third-order valence-electron chi connectivity index (χ3n) is 2.01. The molecule has 0 atom stereocenters. The molecule has 3 nitrogen and oxygen atoms in total. The van der Waals surface area contributed by atoms with Crippen LogP contribution in [0, 0.1) is 6.92 Å². The molecule has 0 heterocycles. The summed E-state index contributed by atoms with van der Waals surface area (Å²) in [5.41, 5.74) is 4.62. The van der Waals surface area contributed by atoms with Crippen molar-refractivity contribution in [1.82, 2.24) is 0 Å². The Balaban J connectivity index is 3.01. The molecule has 0 spiro atoms. The van der Waals surface area contributed by atoms with Crippen LogP contribution < -0.4 is 5.48 Å². The van der Waals surface area contributed by atoms with Crippen LogP contribution in [-0.4, -0.2) is 11.0 Å². The minimum Gasteiger partial charge on any atom is -0.300 e. The van der Waals surface area contributed by atoms with Crippen LogP contribution in [0.5, 0.6) is 0 Å². The molecule has 0 aliphatic rings. The molecular weight excluding hydrogens is 166 g/mol. The van der Waals surface area contributed by atoms with E-state index in [0.29, 0.717) is 12.1 Å². The van der Waals surface area contributed by atoms with Gasteiger partial charge < -0.3 is 0 Å². The van der Waals surface area contributed by atoms with Gasteiger partial charge in [-0.3, -0.25) is 15.5 Å². The molecule has 1 rings (SSSR count). The number of carbonyl (C=O) groups excluding carboxylic acids is 1. The van der Waals surface area contributed by atoms with Gasteiger partial charge in [-0.2, -0.15) is 0 Å². The molecule has 0 aromatic heterocycles. The van der Waals surface area contributed by atoms with E-state index in [9.17, 15) is 4.79 Å². The highest BCUT2D eigenvalue weighted by molar-refractivity contribution is 5.79. The third kappa shape index (κ3) is 2.29. The van der Waals surface area contributed by atoms with Crippen molar-refractivity contribution in [3.63, 3.8) is 0 Å². The number of hydrogen-bond acceptors (Lipinski definition) is 3. The second kappa shape index (κ2) is 4.05. The van der Waals surface area contributed by atoms with Crippen LogP contribution in [-0.2, 0) is 11.2 Å². The van der Waals surface area contributed by atoms with Crippen molar-refractivity contribution in [1.29, 1.82) is 0 Å². The maximum absolute atomic E-state index is 10.9. The first kappa shape index (κ1) is 9.74. The predicted octanol–water partition coefficient (Wildman–Crippen LogP) is 1.93. The fraction of sp³-hybridized carbons (Fsp3) is 0.300.